The van der Waals surface area contributed by atoms with Crippen molar-refractivity contribution in [2.45, 2.75) is 27.4 Å². The molecule has 9 heteroatoms. The normalized spacial score (nSPS) is 11.1. The fraction of sp³-hybridized carbons (Fsp3) is 0.190. The van der Waals surface area contributed by atoms with Crippen molar-refractivity contribution in [3.8, 4) is 5.82 Å². The highest BCUT2D eigenvalue weighted by molar-refractivity contribution is 6.33. The number of nitrogens with zero attached hydrogens (tertiary/aromatic N) is 5. The van der Waals surface area contributed by atoms with E-state index in [-0.39, 0.29) is 22.9 Å². The number of halogens is 1. The Hall–Kier alpha value is -3.52. The summed E-state index contributed by atoms with van der Waals surface area (Å²) >= 11 is 6.16. The van der Waals surface area contributed by atoms with E-state index in [4.69, 9.17) is 16.3 Å². The lowest BCUT2D eigenvalue weighted by Gasteiger charge is -2.09. The standard InChI is InChI=1S/C21H18ClN5O3/c1-12-9-14(3)27(25-12)18-8-7-16(22)20(24-18)21(29)30-11-15-10-19(28)26-13(2)5-4-6-17(26)23-15/h4-10H,11H2,1-3H3. The van der Waals surface area contributed by atoms with Crippen LogP contribution >= 0.6 is 11.6 Å². The molecule has 4 aromatic rings. The minimum atomic E-state index is -0.713. The van der Waals surface area contributed by atoms with E-state index in [0.717, 1.165) is 17.1 Å². The number of aromatic nitrogens is 5. The Balaban J connectivity index is 1.59. The summed E-state index contributed by atoms with van der Waals surface area (Å²) < 4.78 is 8.44. The van der Waals surface area contributed by atoms with Crippen LogP contribution in [0.2, 0.25) is 5.02 Å². The van der Waals surface area contributed by atoms with Crippen LogP contribution in [-0.2, 0) is 11.3 Å². The number of rotatable bonds is 4. The number of aryl methyl sites for hydroxylation is 3. The summed E-state index contributed by atoms with van der Waals surface area (Å²) in [6, 6.07) is 11.8. The Morgan fingerprint density at radius 3 is 2.60 bits per heavy atom. The Labute approximate surface area is 176 Å². The van der Waals surface area contributed by atoms with Gasteiger partial charge in [-0.15, -0.1) is 0 Å². The lowest BCUT2D eigenvalue weighted by Crippen LogP contribution is -2.18. The van der Waals surface area contributed by atoms with E-state index >= 15 is 0 Å². The highest BCUT2D eigenvalue weighted by atomic mass is 35.5. The first-order chi connectivity index (χ1) is 14.3. The minimum absolute atomic E-state index is 0.0323. The van der Waals surface area contributed by atoms with Crippen LogP contribution in [0.1, 0.15) is 33.3 Å². The Morgan fingerprint density at radius 2 is 1.87 bits per heavy atom. The van der Waals surface area contributed by atoms with Gasteiger partial charge in [-0.05, 0) is 51.1 Å². The minimum Gasteiger partial charge on any atom is -0.454 e. The van der Waals surface area contributed by atoms with Crippen LogP contribution in [0.5, 0.6) is 0 Å². The van der Waals surface area contributed by atoms with Crippen LogP contribution < -0.4 is 5.56 Å². The summed E-state index contributed by atoms with van der Waals surface area (Å²) in [6.45, 7) is 5.40. The number of ether oxygens (including phenoxy) is 1. The molecule has 0 fully saturated rings. The summed E-state index contributed by atoms with van der Waals surface area (Å²) in [6.07, 6.45) is 0. The molecule has 0 aliphatic carbocycles. The highest BCUT2D eigenvalue weighted by Gasteiger charge is 2.17. The van der Waals surface area contributed by atoms with Crippen molar-refractivity contribution in [2.24, 2.45) is 0 Å². The van der Waals surface area contributed by atoms with Gasteiger partial charge in [0.15, 0.2) is 11.5 Å². The first-order valence-corrected chi connectivity index (χ1v) is 9.57. The van der Waals surface area contributed by atoms with Gasteiger partial charge >= 0.3 is 5.97 Å². The van der Waals surface area contributed by atoms with E-state index in [1.54, 1.807) is 28.9 Å². The van der Waals surface area contributed by atoms with Crippen LogP contribution in [0.4, 0.5) is 0 Å². The molecule has 4 aromatic heterocycles. The maximum atomic E-state index is 12.6. The van der Waals surface area contributed by atoms with Gasteiger partial charge in [-0.3, -0.25) is 9.20 Å². The zero-order chi connectivity index (χ0) is 21.4. The molecule has 0 saturated heterocycles. The van der Waals surface area contributed by atoms with E-state index < -0.39 is 5.97 Å². The largest absolute Gasteiger partial charge is 0.454 e. The number of esters is 1. The number of carbonyl (C=O) groups excluding carboxylic acids is 1. The predicted molar refractivity (Wildman–Crippen MR) is 111 cm³/mol. The average molecular weight is 424 g/mol. The van der Waals surface area contributed by atoms with Gasteiger partial charge in [-0.2, -0.15) is 5.10 Å². The zero-order valence-electron chi connectivity index (χ0n) is 16.6. The number of pyridine rings is 2. The smallest absolute Gasteiger partial charge is 0.358 e. The Bertz CT molecular complexity index is 1340. The summed E-state index contributed by atoms with van der Waals surface area (Å²) in [5.74, 6) is -0.260. The van der Waals surface area contributed by atoms with Gasteiger partial charge in [-0.1, -0.05) is 17.7 Å². The summed E-state index contributed by atoms with van der Waals surface area (Å²) in [7, 11) is 0. The lowest BCUT2D eigenvalue weighted by molar-refractivity contribution is 0.0461. The quantitative estimate of drug-likeness (QED) is 0.468. The first kappa shape index (κ1) is 19.8. The van der Waals surface area contributed by atoms with Crippen molar-refractivity contribution >= 4 is 23.2 Å². The fourth-order valence-corrected chi connectivity index (χ4v) is 3.38. The predicted octanol–water partition coefficient (Wildman–Crippen LogP) is 3.21. The van der Waals surface area contributed by atoms with E-state index in [0.29, 0.717) is 17.2 Å². The lowest BCUT2D eigenvalue weighted by atomic mass is 10.3. The molecule has 4 rings (SSSR count). The third-order valence-corrected chi connectivity index (χ3v) is 4.84. The molecule has 4 heterocycles. The molecule has 0 aliphatic heterocycles. The first-order valence-electron chi connectivity index (χ1n) is 9.19. The molecule has 0 unspecified atom stereocenters. The van der Waals surface area contributed by atoms with Crippen molar-refractivity contribution in [3.05, 3.63) is 86.3 Å². The van der Waals surface area contributed by atoms with Crippen LogP contribution in [0.25, 0.3) is 11.5 Å². The van der Waals surface area contributed by atoms with Gasteiger partial charge in [0.25, 0.3) is 5.56 Å². The molecule has 0 radical (unpaired) electrons. The SMILES string of the molecule is Cc1cc(C)n(-c2ccc(Cl)c(C(=O)OCc3cc(=O)n4c(C)cccc4n3)n2)n1. The number of carbonyl (C=O) groups is 1. The fourth-order valence-electron chi connectivity index (χ4n) is 3.20. The van der Waals surface area contributed by atoms with E-state index in [1.165, 1.54) is 10.5 Å². The second kappa shape index (κ2) is 7.72. The topological polar surface area (TPSA) is 91.4 Å². The van der Waals surface area contributed by atoms with Gasteiger partial charge in [0, 0.05) is 17.5 Å². The van der Waals surface area contributed by atoms with Gasteiger partial charge in [0.2, 0.25) is 0 Å². The molecule has 0 atom stereocenters. The second-order valence-corrected chi connectivity index (χ2v) is 7.27. The number of fused-ring (bicyclic) bond motifs is 1. The Kier molecular flexibility index (Phi) is 5.09. The highest BCUT2D eigenvalue weighted by Crippen LogP contribution is 2.19. The van der Waals surface area contributed by atoms with Crippen molar-refractivity contribution in [1.29, 1.82) is 0 Å². The molecule has 0 saturated carbocycles. The summed E-state index contributed by atoms with van der Waals surface area (Å²) in [5, 5.41) is 4.52. The average Bonchev–Trinajstić information content (AvgIpc) is 3.04. The third kappa shape index (κ3) is 3.69. The number of hydrogen-bond acceptors (Lipinski definition) is 6. The van der Waals surface area contributed by atoms with E-state index in [2.05, 4.69) is 15.1 Å². The van der Waals surface area contributed by atoms with Gasteiger partial charge < -0.3 is 4.74 Å². The van der Waals surface area contributed by atoms with Gasteiger partial charge in [0.1, 0.15) is 12.3 Å². The van der Waals surface area contributed by atoms with Gasteiger partial charge in [0.05, 0.1) is 16.4 Å². The number of hydrogen-bond donors (Lipinski definition) is 0. The van der Waals surface area contributed by atoms with E-state index in [9.17, 15) is 9.59 Å². The van der Waals surface area contributed by atoms with Gasteiger partial charge in [-0.25, -0.2) is 19.4 Å². The van der Waals surface area contributed by atoms with Crippen molar-refractivity contribution in [3.63, 3.8) is 0 Å². The molecule has 0 amide bonds. The van der Waals surface area contributed by atoms with Crippen LogP contribution in [0.15, 0.2) is 47.3 Å². The summed E-state index contributed by atoms with van der Waals surface area (Å²) in [5.41, 5.74) is 3.02. The van der Waals surface area contributed by atoms with Crippen LogP contribution in [0, 0.1) is 20.8 Å². The molecule has 30 heavy (non-hydrogen) atoms. The molecule has 8 nitrogen and oxygen atoms in total. The zero-order valence-corrected chi connectivity index (χ0v) is 17.3. The maximum absolute atomic E-state index is 12.6. The molecule has 0 spiro atoms. The molecule has 152 valence electrons. The molecule has 0 bridgehead atoms. The molecule has 0 aliphatic rings. The molecular weight excluding hydrogens is 406 g/mol. The summed E-state index contributed by atoms with van der Waals surface area (Å²) in [4.78, 5) is 33.7. The van der Waals surface area contributed by atoms with Crippen LogP contribution in [-0.4, -0.2) is 30.1 Å². The molecular formula is C21H18ClN5O3. The molecule has 0 aromatic carbocycles. The van der Waals surface area contributed by atoms with E-state index in [1.807, 2.05) is 32.9 Å². The van der Waals surface area contributed by atoms with Crippen LogP contribution in [0.3, 0.4) is 0 Å². The van der Waals surface area contributed by atoms with Crippen molar-refractivity contribution < 1.29 is 9.53 Å². The monoisotopic (exact) mass is 423 g/mol. The Morgan fingerprint density at radius 1 is 1.07 bits per heavy atom. The maximum Gasteiger partial charge on any atom is 0.358 e. The van der Waals surface area contributed by atoms with Crippen molar-refractivity contribution in [1.82, 2.24) is 24.1 Å². The second-order valence-electron chi connectivity index (χ2n) is 6.86. The third-order valence-electron chi connectivity index (χ3n) is 4.54. The van der Waals surface area contributed by atoms with Crippen molar-refractivity contribution in [2.75, 3.05) is 0 Å². The molecule has 0 N–H and O–H groups in total.